The molecule has 2 unspecified atom stereocenters. The number of hydrogen-bond donors (Lipinski definition) is 7. The minimum absolute atomic E-state index is 0.0378. The molecule has 33 heavy (non-hydrogen) atoms. The van der Waals surface area contributed by atoms with Crippen molar-refractivity contribution in [1.82, 2.24) is 0 Å². The molecule has 194 valence electrons. The van der Waals surface area contributed by atoms with Gasteiger partial charge in [-0.25, -0.2) is 9.13 Å². The Labute approximate surface area is 189 Å². The minimum atomic E-state index is -4.66. The van der Waals surface area contributed by atoms with Gasteiger partial charge in [0.25, 0.3) is 0 Å². The number of hydrogen-bond acceptors (Lipinski definition) is 14. The van der Waals surface area contributed by atoms with Crippen LogP contribution in [0.15, 0.2) is 0 Å². The first-order valence-electron chi connectivity index (χ1n) is 10.2. The standard InChI is InChI=1S/C15H31N3O13P2/c16-13-1-7(20)11(28-13)5-25-32(21,22)31-9-3-15(18)29-12(9)6-26-33(23,24)30-8-2-14(17)27-10(8)4-19/h7-15,19-20H,1-6,16-18H2,(H,21,22)(H,23,24)/t7-,8+,9+,10+,11-,12+,13-,14-,15+/m0/s1. The van der Waals surface area contributed by atoms with Gasteiger partial charge in [0.1, 0.15) is 49.2 Å². The molecular weight excluding hydrogens is 492 g/mol. The molecule has 0 aliphatic carbocycles. The van der Waals surface area contributed by atoms with Gasteiger partial charge in [-0.15, -0.1) is 0 Å². The van der Waals surface area contributed by atoms with Crippen molar-refractivity contribution in [2.45, 2.75) is 74.6 Å². The van der Waals surface area contributed by atoms with Crippen LogP contribution in [0.2, 0.25) is 0 Å². The summed E-state index contributed by atoms with van der Waals surface area (Å²) in [6.45, 7) is -1.51. The smallest absolute Gasteiger partial charge is 0.394 e. The van der Waals surface area contributed by atoms with Crippen LogP contribution in [0, 0.1) is 0 Å². The van der Waals surface area contributed by atoms with Gasteiger partial charge in [0.15, 0.2) is 0 Å². The zero-order chi connectivity index (χ0) is 24.4. The predicted octanol–water partition coefficient (Wildman–Crippen LogP) is -2.43. The largest absolute Gasteiger partial charge is 0.472 e. The highest BCUT2D eigenvalue weighted by Gasteiger charge is 2.44. The van der Waals surface area contributed by atoms with Crippen molar-refractivity contribution < 1.29 is 61.4 Å². The van der Waals surface area contributed by atoms with E-state index < -0.39 is 90.8 Å². The van der Waals surface area contributed by atoms with Crippen molar-refractivity contribution in [2.75, 3.05) is 19.8 Å². The summed E-state index contributed by atoms with van der Waals surface area (Å²) in [5.74, 6) is 0. The monoisotopic (exact) mass is 523 g/mol. The molecule has 3 heterocycles. The van der Waals surface area contributed by atoms with E-state index in [2.05, 4.69) is 0 Å². The van der Waals surface area contributed by atoms with Gasteiger partial charge in [-0.05, 0) is 0 Å². The molecule has 0 aromatic heterocycles. The molecule has 3 fully saturated rings. The van der Waals surface area contributed by atoms with Gasteiger partial charge in [0.2, 0.25) is 0 Å². The van der Waals surface area contributed by atoms with Crippen molar-refractivity contribution in [3.05, 3.63) is 0 Å². The van der Waals surface area contributed by atoms with Crippen LogP contribution in [0.3, 0.4) is 0 Å². The predicted molar refractivity (Wildman–Crippen MR) is 107 cm³/mol. The number of aliphatic hydroxyl groups excluding tert-OH is 2. The molecule has 3 rings (SSSR count). The fourth-order valence-corrected chi connectivity index (χ4v) is 5.60. The average molecular weight is 523 g/mol. The highest BCUT2D eigenvalue weighted by atomic mass is 31.2. The Morgan fingerprint density at radius 1 is 0.758 bits per heavy atom. The van der Waals surface area contributed by atoms with Crippen LogP contribution in [-0.2, 0) is 41.4 Å². The van der Waals surface area contributed by atoms with Crippen molar-refractivity contribution in [1.29, 1.82) is 0 Å². The number of phosphoric acid groups is 2. The van der Waals surface area contributed by atoms with Crippen molar-refractivity contribution in [3.63, 3.8) is 0 Å². The maximum Gasteiger partial charge on any atom is 0.472 e. The second-order valence-corrected chi connectivity index (χ2v) is 10.7. The molecule has 0 saturated carbocycles. The van der Waals surface area contributed by atoms with Crippen LogP contribution in [0.5, 0.6) is 0 Å². The summed E-state index contributed by atoms with van der Waals surface area (Å²) in [5, 5.41) is 19.0. The van der Waals surface area contributed by atoms with Crippen LogP contribution < -0.4 is 17.2 Å². The molecule has 3 aliphatic heterocycles. The topological polar surface area (TPSA) is 258 Å². The molecule has 10 N–H and O–H groups in total. The molecule has 0 aromatic carbocycles. The maximum atomic E-state index is 12.3. The average Bonchev–Trinajstić information content (AvgIpc) is 3.33. The summed E-state index contributed by atoms with van der Waals surface area (Å²) >= 11 is 0. The molecule has 3 aliphatic rings. The number of rotatable bonds is 11. The van der Waals surface area contributed by atoms with Crippen LogP contribution in [0.1, 0.15) is 19.3 Å². The lowest BCUT2D eigenvalue weighted by Gasteiger charge is -2.24. The van der Waals surface area contributed by atoms with Crippen molar-refractivity contribution in [3.8, 4) is 0 Å². The van der Waals surface area contributed by atoms with E-state index in [1.807, 2.05) is 0 Å². The van der Waals surface area contributed by atoms with Gasteiger partial charge < -0.3 is 51.4 Å². The quantitative estimate of drug-likeness (QED) is 0.139. The normalized spacial score (nSPS) is 42.9. The SMILES string of the molecule is N[C@@H]1C[C@H](O)[C@H](COP(=O)(O)O[C@@H]2C[C@H](N)O[C@@H]2COP(=O)(O)O[C@@H]2C[C@@H](N)O[C@@H]2CO)O1. The summed E-state index contributed by atoms with van der Waals surface area (Å²) in [4.78, 5) is 20.0. The zero-order valence-electron chi connectivity index (χ0n) is 17.5. The highest BCUT2D eigenvalue weighted by molar-refractivity contribution is 7.47. The summed E-state index contributed by atoms with van der Waals surface area (Å²) in [7, 11) is -9.31. The first-order chi connectivity index (χ1) is 15.4. The molecule has 0 spiro atoms. The van der Waals surface area contributed by atoms with Crippen molar-refractivity contribution in [2.24, 2.45) is 17.2 Å². The Kier molecular flexibility index (Phi) is 9.42. The zero-order valence-corrected chi connectivity index (χ0v) is 19.3. The fraction of sp³-hybridized carbons (Fsp3) is 1.00. The van der Waals surface area contributed by atoms with E-state index in [-0.39, 0.29) is 19.3 Å². The number of phosphoric ester groups is 2. The number of aliphatic hydroxyl groups is 2. The second kappa shape index (κ2) is 11.3. The van der Waals surface area contributed by atoms with Gasteiger partial charge in [-0.3, -0.25) is 18.1 Å². The minimum Gasteiger partial charge on any atom is -0.394 e. The molecule has 11 atom stereocenters. The van der Waals surface area contributed by atoms with Crippen LogP contribution in [-0.4, -0.2) is 95.1 Å². The van der Waals surface area contributed by atoms with Gasteiger partial charge in [0, 0.05) is 19.3 Å². The van der Waals surface area contributed by atoms with E-state index in [9.17, 15) is 29.1 Å². The lowest BCUT2D eigenvalue weighted by molar-refractivity contribution is -0.0431. The van der Waals surface area contributed by atoms with E-state index in [0.29, 0.717) is 0 Å². The van der Waals surface area contributed by atoms with E-state index >= 15 is 0 Å². The lowest BCUT2D eigenvalue weighted by atomic mass is 10.2. The fourth-order valence-electron chi connectivity index (χ4n) is 3.68. The Hall–Kier alpha value is -0.100. The number of nitrogens with two attached hydrogens (primary N) is 3. The van der Waals surface area contributed by atoms with Crippen LogP contribution >= 0.6 is 15.6 Å². The van der Waals surface area contributed by atoms with E-state index in [1.165, 1.54) is 0 Å². The van der Waals surface area contributed by atoms with Gasteiger partial charge in [-0.2, -0.15) is 0 Å². The molecule has 0 amide bonds. The molecule has 16 nitrogen and oxygen atoms in total. The molecule has 0 aromatic rings. The first kappa shape index (κ1) is 27.5. The van der Waals surface area contributed by atoms with Gasteiger partial charge >= 0.3 is 15.6 Å². The third-order valence-corrected chi connectivity index (χ3v) is 7.26. The Morgan fingerprint density at radius 3 is 1.67 bits per heavy atom. The second-order valence-electron chi connectivity index (χ2n) is 7.91. The van der Waals surface area contributed by atoms with Crippen LogP contribution in [0.4, 0.5) is 0 Å². The van der Waals surface area contributed by atoms with E-state index in [0.717, 1.165) is 0 Å². The molecular formula is C15H31N3O13P2. The lowest BCUT2D eigenvalue weighted by Crippen LogP contribution is -2.31. The third-order valence-electron chi connectivity index (χ3n) is 5.23. The van der Waals surface area contributed by atoms with Gasteiger partial charge in [-0.1, -0.05) is 0 Å². The summed E-state index contributed by atoms with van der Waals surface area (Å²) in [5.41, 5.74) is 16.8. The van der Waals surface area contributed by atoms with Crippen molar-refractivity contribution >= 4 is 15.6 Å². The highest BCUT2D eigenvalue weighted by Crippen LogP contribution is 2.50. The Morgan fingerprint density at radius 2 is 1.18 bits per heavy atom. The summed E-state index contributed by atoms with van der Waals surface area (Å²) < 4.78 is 60.2. The Bertz CT molecular complexity index is 750. The Balaban J connectivity index is 1.50. The molecule has 0 bridgehead atoms. The molecule has 18 heteroatoms. The van der Waals surface area contributed by atoms with Gasteiger partial charge in [0.05, 0.1) is 25.9 Å². The summed E-state index contributed by atoms with van der Waals surface area (Å²) in [6, 6.07) is 0. The van der Waals surface area contributed by atoms with Crippen LogP contribution in [0.25, 0.3) is 0 Å². The number of ether oxygens (including phenoxy) is 3. The molecule has 0 radical (unpaired) electrons. The third kappa shape index (κ3) is 7.95. The molecule has 3 saturated heterocycles. The maximum absolute atomic E-state index is 12.3. The summed E-state index contributed by atoms with van der Waals surface area (Å²) in [6.07, 6.45) is -8.20. The van der Waals surface area contributed by atoms with E-state index in [1.54, 1.807) is 0 Å². The van der Waals surface area contributed by atoms with E-state index in [4.69, 9.17) is 49.5 Å². The first-order valence-corrected chi connectivity index (χ1v) is 13.2.